The van der Waals surface area contributed by atoms with E-state index in [0.717, 1.165) is 16.9 Å². The van der Waals surface area contributed by atoms with Crippen LogP contribution in [0.2, 0.25) is 0 Å². The van der Waals surface area contributed by atoms with E-state index in [4.69, 9.17) is 4.74 Å². The first kappa shape index (κ1) is 23.3. The van der Waals surface area contributed by atoms with Crippen LogP contribution in [-0.2, 0) is 16.1 Å². The minimum absolute atomic E-state index is 0.00973. The highest BCUT2D eigenvalue weighted by Crippen LogP contribution is 2.18. The minimum Gasteiger partial charge on any atom is -0.484 e. The Balaban J connectivity index is 1.83. The van der Waals surface area contributed by atoms with Crippen LogP contribution < -0.4 is 20.7 Å². The summed E-state index contributed by atoms with van der Waals surface area (Å²) in [6.45, 7) is 10.5. The zero-order valence-corrected chi connectivity index (χ0v) is 18.5. The summed E-state index contributed by atoms with van der Waals surface area (Å²) in [5.41, 5.74) is 2.51. The number of rotatable bonds is 9. The third-order valence-electron chi connectivity index (χ3n) is 4.04. The van der Waals surface area contributed by atoms with Crippen LogP contribution in [0.4, 0.5) is 11.4 Å². The van der Waals surface area contributed by atoms with Gasteiger partial charge in [-0.25, -0.2) is 0 Å². The van der Waals surface area contributed by atoms with E-state index in [1.807, 2.05) is 83.1 Å². The number of carbonyl (C=O) groups is 2. The fourth-order valence-corrected chi connectivity index (χ4v) is 2.80. The molecule has 0 saturated heterocycles. The van der Waals surface area contributed by atoms with Crippen molar-refractivity contribution >= 4 is 23.2 Å². The Morgan fingerprint density at radius 2 is 1.63 bits per heavy atom. The Bertz CT molecular complexity index is 840. The maximum Gasteiger partial charge on any atom is 0.258 e. The highest BCUT2D eigenvalue weighted by atomic mass is 16.5. The zero-order valence-electron chi connectivity index (χ0n) is 18.5. The fraction of sp³-hybridized carbons (Fsp3) is 0.417. The van der Waals surface area contributed by atoms with Gasteiger partial charge in [-0.05, 0) is 62.6 Å². The first-order valence-corrected chi connectivity index (χ1v) is 10.3. The predicted octanol–water partition coefficient (Wildman–Crippen LogP) is 4.58. The zero-order chi connectivity index (χ0) is 22.1. The molecule has 0 heterocycles. The largest absolute Gasteiger partial charge is 0.484 e. The molecule has 0 aliphatic heterocycles. The molecule has 0 fully saturated rings. The third kappa shape index (κ3) is 8.99. The highest BCUT2D eigenvalue weighted by molar-refractivity contribution is 5.91. The summed E-state index contributed by atoms with van der Waals surface area (Å²) in [5, 5.41) is 9.15. The Morgan fingerprint density at radius 1 is 0.967 bits per heavy atom. The van der Waals surface area contributed by atoms with Crippen molar-refractivity contribution in [3.05, 3.63) is 54.1 Å². The second kappa shape index (κ2) is 10.7. The van der Waals surface area contributed by atoms with E-state index in [0.29, 0.717) is 24.6 Å². The average Bonchev–Trinajstić information content (AvgIpc) is 2.64. The van der Waals surface area contributed by atoms with Crippen molar-refractivity contribution in [1.29, 1.82) is 0 Å². The smallest absolute Gasteiger partial charge is 0.258 e. The van der Waals surface area contributed by atoms with E-state index < -0.39 is 0 Å². The Morgan fingerprint density at radius 3 is 2.27 bits per heavy atom. The predicted molar refractivity (Wildman–Crippen MR) is 122 cm³/mol. The Kier molecular flexibility index (Phi) is 8.27. The summed E-state index contributed by atoms with van der Waals surface area (Å²) in [6.07, 6.45) is 0.504. The van der Waals surface area contributed by atoms with Gasteiger partial charge in [0.05, 0.1) is 0 Å². The molecule has 0 aliphatic rings. The number of benzene rings is 2. The molecule has 30 heavy (non-hydrogen) atoms. The Hall–Kier alpha value is -3.02. The molecule has 2 aromatic rings. The molecule has 0 atom stereocenters. The number of hydrogen-bond donors (Lipinski definition) is 3. The second-order valence-corrected chi connectivity index (χ2v) is 8.81. The first-order chi connectivity index (χ1) is 14.1. The lowest BCUT2D eigenvalue weighted by Gasteiger charge is -2.20. The molecule has 6 nitrogen and oxygen atoms in total. The van der Waals surface area contributed by atoms with E-state index in [1.165, 1.54) is 0 Å². The summed E-state index contributed by atoms with van der Waals surface area (Å²) in [4.78, 5) is 23.8. The summed E-state index contributed by atoms with van der Waals surface area (Å²) in [5.74, 6) is 0.853. The first-order valence-electron chi connectivity index (χ1n) is 10.3. The Labute approximate surface area is 179 Å². The van der Waals surface area contributed by atoms with E-state index >= 15 is 0 Å². The molecular formula is C24H33N3O3. The van der Waals surface area contributed by atoms with E-state index in [9.17, 15) is 9.59 Å². The molecule has 0 aliphatic carbocycles. The van der Waals surface area contributed by atoms with Crippen molar-refractivity contribution < 1.29 is 14.3 Å². The van der Waals surface area contributed by atoms with Crippen molar-refractivity contribution in [2.75, 3.05) is 17.2 Å². The van der Waals surface area contributed by atoms with Gasteiger partial charge in [-0.2, -0.15) is 0 Å². The van der Waals surface area contributed by atoms with Crippen LogP contribution in [0, 0.1) is 5.92 Å². The van der Waals surface area contributed by atoms with E-state index in [-0.39, 0.29) is 24.0 Å². The quantitative estimate of drug-likeness (QED) is 0.564. The normalized spacial score (nSPS) is 11.1. The van der Waals surface area contributed by atoms with Gasteiger partial charge in [-0.1, -0.05) is 32.0 Å². The molecule has 2 aromatic carbocycles. The van der Waals surface area contributed by atoms with Crippen LogP contribution in [0.25, 0.3) is 0 Å². The van der Waals surface area contributed by atoms with Crippen LogP contribution in [0.15, 0.2) is 48.5 Å². The minimum atomic E-state index is -0.273. The van der Waals surface area contributed by atoms with Crippen molar-refractivity contribution in [2.24, 2.45) is 5.92 Å². The van der Waals surface area contributed by atoms with Crippen molar-refractivity contribution in [2.45, 2.75) is 53.1 Å². The molecule has 3 N–H and O–H groups in total. The molecule has 0 saturated carbocycles. The van der Waals surface area contributed by atoms with Crippen molar-refractivity contribution in [1.82, 2.24) is 5.32 Å². The SMILES string of the molecule is CC(C)CC(=O)Nc1cccc(NCc2ccc(OCC(=O)NC(C)(C)C)cc2)c1. The van der Waals surface area contributed by atoms with Crippen LogP contribution in [0.1, 0.15) is 46.6 Å². The molecule has 2 amide bonds. The van der Waals surface area contributed by atoms with Gasteiger partial charge >= 0.3 is 0 Å². The monoisotopic (exact) mass is 411 g/mol. The van der Waals surface area contributed by atoms with Crippen LogP contribution in [0.3, 0.4) is 0 Å². The van der Waals surface area contributed by atoms with Gasteiger partial charge in [0.2, 0.25) is 5.91 Å². The van der Waals surface area contributed by atoms with Crippen LogP contribution >= 0.6 is 0 Å². The number of carbonyl (C=O) groups excluding carboxylic acids is 2. The lowest BCUT2D eigenvalue weighted by atomic mass is 10.1. The summed E-state index contributed by atoms with van der Waals surface area (Å²) in [7, 11) is 0. The van der Waals surface area contributed by atoms with Crippen LogP contribution in [0.5, 0.6) is 5.75 Å². The number of hydrogen-bond acceptors (Lipinski definition) is 4. The second-order valence-electron chi connectivity index (χ2n) is 8.81. The fourth-order valence-electron chi connectivity index (χ4n) is 2.80. The average molecular weight is 412 g/mol. The van der Waals surface area contributed by atoms with Crippen molar-refractivity contribution in [3.8, 4) is 5.75 Å². The molecule has 0 bridgehead atoms. The molecule has 0 spiro atoms. The lowest BCUT2D eigenvalue weighted by Crippen LogP contribution is -2.43. The van der Waals surface area contributed by atoms with Gasteiger partial charge in [0, 0.05) is 29.9 Å². The lowest BCUT2D eigenvalue weighted by molar-refractivity contribution is -0.124. The number of amides is 2. The summed E-state index contributed by atoms with van der Waals surface area (Å²) < 4.78 is 5.54. The molecule has 6 heteroatoms. The maximum atomic E-state index is 11.9. The van der Waals surface area contributed by atoms with Gasteiger partial charge in [0.15, 0.2) is 6.61 Å². The van der Waals surface area contributed by atoms with E-state index in [2.05, 4.69) is 16.0 Å². The van der Waals surface area contributed by atoms with Gasteiger partial charge in [0.1, 0.15) is 5.75 Å². The summed E-state index contributed by atoms with van der Waals surface area (Å²) >= 11 is 0. The molecule has 0 radical (unpaired) electrons. The van der Waals surface area contributed by atoms with Gasteiger partial charge in [-0.15, -0.1) is 0 Å². The number of anilines is 2. The molecule has 162 valence electrons. The molecule has 2 rings (SSSR count). The molecule has 0 aromatic heterocycles. The third-order valence-corrected chi connectivity index (χ3v) is 4.04. The van der Waals surface area contributed by atoms with Gasteiger partial charge in [-0.3, -0.25) is 9.59 Å². The van der Waals surface area contributed by atoms with Crippen molar-refractivity contribution in [3.63, 3.8) is 0 Å². The van der Waals surface area contributed by atoms with E-state index in [1.54, 1.807) is 0 Å². The number of nitrogens with one attached hydrogen (secondary N) is 3. The van der Waals surface area contributed by atoms with Crippen LogP contribution in [-0.4, -0.2) is 24.0 Å². The van der Waals surface area contributed by atoms with Gasteiger partial charge < -0.3 is 20.7 Å². The molecular weight excluding hydrogens is 378 g/mol. The highest BCUT2D eigenvalue weighted by Gasteiger charge is 2.13. The summed E-state index contributed by atoms with van der Waals surface area (Å²) in [6, 6.07) is 15.3. The van der Waals surface area contributed by atoms with Gasteiger partial charge in [0.25, 0.3) is 5.91 Å². The maximum absolute atomic E-state index is 11.9. The topological polar surface area (TPSA) is 79.5 Å². The number of ether oxygens (including phenoxy) is 1. The molecule has 0 unspecified atom stereocenters. The standard InChI is InChI=1S/C24H33N3O3/c1-17(2)13-22(28)26-20-8-6-7-19(14-20)25-15-18-9-11-21(12-10-18)30-16-23(29)27-24(3,4)5/h6-12,14,17,25H,13,15-16H2,1-5H3,(H,26,28)(H,27,29).